The van der Waals surface area contributed by atoms with Gasteiger partial charge in [-0.1, -0.05) is 28.8 Å². The minimum atomic E-state index is -0.404. The number of fused-ring (bicyclic) bond motifs is 2. The monoisotopic (exact) mass is 289 g/mol. The lowest BCUT2D eigenvalue weighted by Gasteiger charge is -2.02. The summed E-state index contributed by atoms with van der Waals surface area (Å²) in [4.78, 5) is 16.6. The number of rotatable bonds is 1. The smallest absolute Gasteiger partial charge is 0.371 e. The van der Waals surface area contributed by atoms with Gasteiger partial charge in [-0.2, -0.15) is 4.79 Å². The van der Waals surface area contributed by atoms with E-state index in [0.29, 0.717) is 5.58 Å². The topological polar surface area (TPSA) is 47.0 Å². The van der Waals surface area contributed by atoms with Crippen LogP contribution in [0.15, 0.2) is 70.3 Å². The Bertz CT molecular complexity index is 1060. The number of pyridine rings is 1. The molecule has 22 heavy (non-hydrogen) atoms. The Hall–Kier alpha value is -3.01. The molecule has 0 aliphatic carbocycles. The number of aryl methyl sites for hydroxylation is 1. The maximum absolute atomic E-state index is 12.4. The van der Waals surface area contributed by atoms with Crippen molar-refractivity contribution in [3.05, 3.63) is 77.2 Å². The van der Waals surface area contributed by atoms with Crippen molar-refractivity contribution < 1.29 is 8.98 Å². The quantitative estimate of drug-likeness (QED) is 0.506. The molecule has 0 saturated carbocycles. The van der Waals surface area contributed by atoms with Crippen molar-refractivity contribution in [3.8, 4) is 5.69 Å². The van der Waals surface area contributed by atoms with Gasteiger partial charge in [0.15, 0.2) is 11.8 Å². The highest BCUT2D eigenvalue weighted by Gasteiger charge is 2.19. The van der Waals surface area contributed by atoms with Crippen LogP contribution in [-0.2, 0) is 0 Å². The molecule has 0 radical (unpaired) electrons. The van der Waals surface area contributed by atoms with Crippen molar-refractivity contribution >= 4 is 21.7 Å². The zero-order chi connectivity index (χ0) is 15.1. The average Bonchev–Trinajstić information content (AvgIpc) is 2.55. The SMILES string of the molecule is Cc1cccc2c[n+](-c3cccc4ccncc34)c(=O)oc12. The molecule has 0 N–H and O–H groups in total. The number of benzene rings is 2. The summed E-state index contributed by atoms with van der Waals surface area (Å²) in [6, 6.07) is 13.5. The molecule has 0 bridgehead atoms. The van der Waals surface area contributed by atoms with E-state index in [1.54, 1.807) is 12.4 Å². The summed E-state index contributed by atoms with van der Waals surface area (Å²) >= 11 is 0. The molecule has 0 amide bonds. The fraction of sp³-hybridized carbons (Fsp3) is 0.0556. The summed E-state index contributed by atoms with van der Waals surface area (Å²) in [6.07, 6.45) is 5.32. The summed E-state index contributed by atoms with van der Waals surface area (Å²) in [5, 5.41) is 2.83. The lowest BCUT2D eigenvalue weighted by molar-refractivity contribution is -0.621. The third kappa shape index (κ3) is 1.89. The van der Waals surface area contributed by atoms with Gasteiger partial charge >= 0.3 is 5.76 Å². The first-order valence-electron chi connectivity index (χ1n) is 7.02. The molecule has 0 saturated heterocycles. The van der Waals surface area contributed by atoms with Gasteiger partial charge < -0.3 is 4.42 Å². The second-order valence-corrected chi connectivity index (χ2v) is 5.23. The summed E-state index contributed by atoms with van der Waals surface area (Å²) in [7, 11) is 0. The van der Waals surface area contributed by atoms with Crippen molar-refractivity contribution in [3.63, 3.8) is 0 Å². The first-order chi connectivity index (χ1) is 10.7. The van der Waals surface area contributed by atoms with Gasteiger partial charge in [0, 0.05) is 18.5 Å². The highest BCUT2D eigenvalue weighted by Crippen LogP contribution is 2.18. The highest BCUT2D eigenvalue weighted by molar-refractivity contribution is 5.87. The zero-order valence-electron chi connectivity index (χ0n) is 12.0. The maximum atomic E-state index is 12.4. The van der Waals surface area contributed by atoms with E-state index >= 15 is 0 Å². The van der Waals surface area contributed by atoms with E-state index in [0.717, 1.165) is 27.4 Å². The van der Waals surface area contributed by atoms with Crippen molar-refractivity contribution in [1.82, 2.24) is 4.98 Å². The van der Waals surface area contributed by atoms with Crippen LogP contribution in [0.5, 0.6) is 0 Å². The summed E-state index contributed by atoms with van der Waals surface area (Å²) in [5.41, 5.74) is 2.34. The molecule has 4 nitrogen and oxygen atoms in total. The number of aromatic nitrogens is 2. The van der Waals surface area contributed by atoms with Gasteiger partial charge in [-0.15, -0.1) is 0 Å². The Morgan fingerprint density at radius 3 is 2.77 bits per heavy atom. The van der Waals surface area contributed by atoms with E-state index in [9.17, 15) is 4.79 Å². The minimum absolute atomic E-state index is 0.404. The lowest BCUT2D eigenvalue weighted by Crippen LogP contribution is -2.46. The minimum Gasteiger partial charge on any atom is -0.371 e. The molecule has 0 unspecified atom stereocenters. The zero-order valence-corrected chi connectivity index (χ0v) is 12.0. The second-order valence-electron chi connectivity index (χ2n) is 5.23. The van der Waals surface area contributed by atoms with Gasteiger partial charge in [0.1, 0.15) is 0 Å². The van der Waals surface area contributed by atoms with Crippen LogP contribution < -0.4 is 10.3 Å². The Morgan fingerprint density at radius 2 is 1.86 bits per heavy atom. The largest absolute Gasteiger partial charge is 0.608 e. The standard InChI is InChI=1S/C18H13N2O2/c1-12-4-2-6-14-11-20(18(21)22-17(12)14)16-7-3-5-13-8-9-19-10-15(13)16/h2-11H,1H3/q+1. The van der Waals surface area contributed by atoms with Crippen LogP contribution >= 0.6 is 0 Å². The fourth-order valence-electron chi connectivity index (χ4n) is 2.72. The third-order valence-electron chi connectivity index (χ3n) is 3.82. The van der Waals surface area contributed by atoms with E-state index in [-0.39, 0.29) is 0 Å². The summed E-state index contributed by atoms with van der Waals surface area (Å²) in [5.74, 6) is -0.404. The second kappa shape index (κ2) is 4.77. The Kier molecular flexibility index (Phi) is 2.76. The first-order valence-corrected chi connectivity index (χ1v) is 7.02. The Morgan fingerprint density at radius 1 is 1.05 bits per heavy atom. The molecule has 106 valence electrons. The van der Waals surface area contributed by atoms with E-state index in [1.165, 1.54) is 4.57 Å². The predicted molar refractivity (Wildman–Crippen MR) is 84.1 cm³/mol. The molecule has 0 aliphatic heterocycles. The molecule has 0 atom stereocenters. The molecule has 4 rings (SSSR count). The van der Waals surface area contributed by atoms with Gasteiger partial charge in [-0.25, -0.2) is 0 Å². The van der Waals surface area contributed by atoms with Crippen LogP contribution in [0.3, 0.4) is 0 Å². The van der Waals surface area contributed by atoms with E-state index in [1.807, 2.05) is 55.6 Å². The van der Waals surface area contributed by atoms with Crippen molar-refractivity contribution in [2.24, 2.45) is 0 Å². The van der Waals surface area contributed by atoms with Gasteiger partial charge in [0.05, 0.1) is 10.8 Å². The van der Waals surface area contributed by atoms with Gasteiger partial charge in [0.2, 0.25) is 5.69 Å². The molecule has 0 aliphatic rings. The van der Waals surface area contributed by atoms with Gasteiger partial charge in [0.25, 0.3) is 0 Å². The average molecular weight is 289 g/mol. The summed E-state index contributed by atoms with van der Waals surface area (Å²) < 4.78 is 7.05. The predicted octanol–water partition coefficient (Wildman–Crippen LogP) is 2.93. The number of hydrogen-bond donors (Lipinski definition) is 0. The van der Waals surface area contributed by atoms with E-state index in [4.69, 9.17) is 4.42 Å². The number of hydrogen-bond acceptors (Lipinski definition) is 3. The molecule has 2 aromatic heterocycles. The normalized spacial score (nSPS) is 11.1. The summed E-state index contributed by atoms with van der Waals surface area (Å²) in [6.45, 7) is 1.93. The number of nitrogens with zero attached hydrogens (tertiary/aromatic N) is 2. The molecule has 2 aromatic carbocycles. The van der Waals surface area contributed by atoms with E-state index in [2.05, 4.69) is 4.98 Å². The van der Waals surface area contributed by atoms with Crippen LogP contribution in [-0.4, -0.2) is 4.98 Å². The molecular weight excluding hydrogens is 276 g/mol. The van der Waals surface area contributed by atoms with Crippen molar-refractivity contribution in [1.29, 1.82) is 0 Å². The van der Waals surface area contributed by atoms with Crippen molar-refractivity contribution in [2.75, 3.05) is 0 Å². The van der Waals surface area contributed by atoms with Crippen LogP contribution in [0.4, 0.5) is 0 Å². The number of para-hydroxylation sites is 1. The van der Waals surface area contributed by atoms with E-state index < -0.39 is 5.76 Å². The molecule has 4 heteroatoms. The highest BCUT2D eigenvalue weighted by atomic mass is 16.4. The van der Waals surface area contributed by atoms with Crippen LogP contribution in [0.2, 0.25) is 0 Å². The third-order valence-corrected chi connectivity index (χ3v) is 3.82. The molecular formula is C18H13N2O2+. The van der Waals surface area contributed by atoms with Crippen LogP contribution in [0, 0.1) is 6.92 Å². The van der Waals surface area contributed by atoms with Crippen LogP contribution in [0.25, 0.3) is 27.4 Å². The molecule has 0 fully saturated rings. The molecule has 0 spiro atoms. The van der Waals surface area contributed by atoms with Gasteiger partial charge in [-0.05, 0) is 30.0 Å². The Balaban J connectivity index is 2.09. The van der Waals surface area contributed by atoms with Gasteiger partial charge in [-0.3, -0.25) is 4.98 Å². The van der Waals surface area contributed by atoms with Crippen LogP contribution in [0.1, 0.15) is 5.56 Å². The van der Waals surface area contributed by atoms with Crippen molar-refractivity contribution in [2.45, 2.75) is 6.92 Å². The first kappa shape index (κ1) is 12.7. The molecule has 4 aromatic rings. The Labute approximate surface area is 126 Å². The molecule has 2 heterocycles. The fourth-order valence-corrected chi connectivity index (χ4v) is 2.72. The maximum Gasteiger partial charge on any atom is 0.608 e. The lowest BCUT2D eigenvalue weighted by atomic mass is 10.1.